The zero-order chi connectivity index (χ0) is 13.6. The molecule has 3 aromatic heterocycles. The van der Waals surface area contributed by atoms with Gasteiger partial charge < -0.3 is 0 Å². The monoisotopic (exact) mass is 312 g/mol. The minimum atomic E-state index is 0.219. The van der Waals surface area contributed by atoms with Gasteiger partial charge in [0.05, 0.1) is 22.3 Å². The molecule has 0 saturated heterocycles. The summed E-state index contributed by atoms with van der Waals surface area (Å²) in [5.74, 6) is 0.668. The van der Waals surface area contributed by atoms with Crippen LogP contribution in [0.3, 0.4) is 0 Å². The second-order valence-electron chi connectivity index (χ2n) is 4.11. The van der Waals surface area contributed by atoms with Gasteiger partial charge in [-0.1, -0.05) is 18.5 Å². The van der Waals surface area contributed by atoms with E-state index in [0.29, 0.717) is 10.8 Å². The maximum absolute atomic E-state index is 6.05. The molecule has 0 unspecified atom stereocenters. The molecule has 0 aliphatic carbocycles. The number of fused-ring (bicyclic) bond motifs is 1. The van der Waals surface area contributed by atoms with Crippen molar-refractivity contribution in [2.75, 3.05) is 0 Å². The van der Waals surface area contributed by atoms with E-state index in [-0.39, 0.29) is 5.28 Å². The van der Waals surface area contributed by atoms with Gasteiger partial charge in [0.15, 0.2) is 5.82 Å². The number of thiophene rings is 1. The van der Waals surface area contributed by atoms with Crippen molar-refractivity contribution in [2.24, 2.45) is 0 Å². The molecule has 0 atom stereocenters. The first-order valence-corrected chi connectivity index (χ1v) is 7.34. The molecule has 3 aromatic rings. The lowest BCUT2D eigenvalue weighted by molar-refractivity contribution is 0.837. The number of hydrogen-bond acceptors (Lipinski definition) is 4. The number of rotatable bonds is 2. The summed E-state index contributed by atoms with van der Waals surface area (Å²) < 4.78 is 1.65. The van der Waals surface area contributed by atoms with Crippen LogP contribution in [0.1, 0.15) is 17.5 Å². The third-order valence-corrected chi connectivity index (χ3v) is 4.51. The lowest BCUT2D eigenvalue weighted by Gasteiger charge is -2.02. The topological polar surface area (TPSA) is 43.6 Å². The summed E-state index contributed by atoms with van der Waals surface area (Å²) in [6.45, 7) is 3.96. The van der Waals surface area contributed by atoms with Crippen molar-refractivity contribution < 1.29 is 0 Å². The molecule has 0 amide bonds. The highest BCUT2D eigenvalue weighted by Crippen LogP contribution is 2.30. The molecular formula is C12H10Cl2N4S. The number of hydrogen-bond donors (Lipinski definition) is 0. The van der Waals surface area contributed by atoms with Gasteiger partial charge in [-0.15, -0.1) is 11.3 Å². The molecule has 3 rings (SSSR count). The van der Waals surface area contributed by atoms with E-state index in [2.05, 4.69) is 28.1 Å². The van der Waals surface area contributed by atoms with Gasteiger partial charge in [0.1, 0.15) is 4.83 Å². The van der Waals surface area contributed by atoms with E-state index in [4.69, 9.17) is 23.2 Å². The highest BCUT2D eigenvalue weighted by Gasteiger charge is 2.14. The molecule has 0 saturated carbocycles. The van der Waals surface area contributed by atoms with Gasteiger partial charge in [-0.3, -0.25) is 0 Å². The van der Waals surface area contributed by atoms with Gasteiger partial charge in [-0.2, -0.15) is 10.1 Å². The second-order valence-corrected chi connectivity index (χ2v) is 5.97. The highest BCUT2D eigenvalue weighted by atomic mass is 35.5. The standard InChI is InChI=1S/C12H10Cl2N4S/c1-3-7-4-8-10(15-12(14)16-11(8)19-7)18-5-9(13)6(2)17-18/h4-5H,3H2,1-2H3. The quantitative estimate of drug-likeness (QED) is 0.670. The van der Waals surface area contributed by atoms with Crippen molar-refractivity contribution in [3.63, 3.8) is 0 Å². The predicted octanol–water partition coefficient (Wildman–Crippen LogP) is 4.05. The highest BCUT2D eigenvalue weighted by molar-refractivity contribution is 7.18. The van der Waals surface area contributed by atoms with Crippen LogP contribution in [0.25, 0.3) is 16.0 Å². The predicted molar refractivity (Wildman–Crippen MR) is 78.7 cm³/mol. The average Bonchev–Trinajstić information content (AvgIpc) is 2.92. The first-order valence-electron chi connectivity index (χ1n) is 5.76. The number of aromatic nitrogens is 4. The van der Waals surface area contributed by atoms with E-state index in [9.17, 15) is 0 Å². The van der Waals surface area contributed by atoms with Crippen molar-refractivity contribution in [3.8, 4) is 5.82 Å². The molecule has 0 radical (unpaired) electrons. The molecule has 0 aliphatic heterocycles. The van der Waals surface area contributed by atoms with Gasteiger partial charge >= 0.3 is 0 Å². The molecule has 0 fully saturated rings. The third-order valence-electron chi connectivity index (χ3n) is 2.80. The largest absolute Gasteiger partial charge is 0.225 e. The van der Waals surface area contributed by atoms with E-state index in [1.165, 1.54) is 4.88 Å². The molecule has 0 aromatic carbocycles. The maximum Gasteiger partial charge on any atom is 0.225 e. The normalized spacial score (nSPS) is 11.4. The van der Waals surface area contributed by atoms with Gasteiger partial charge in [-0.05, 0) is 31.0 Å². The Morgan fingerprint density at radius 2 is 2.11 bits per heavy atom. The molecule has 98 valence electrons. The minimum Gasteiger partial charge on any atom is -0.220 e. The zero-order valence-corrected chi connectivity index (χ0v) is 12.6. The Balaban J connectivity index is 2.29. The number of aryl methyl sites for hydroxylation is 2. The Labute approximate surface area is 124 Å². The SMILES string of the molecule is CCc1cc2c(-n3cc(Cl)c(C)n3)nc(Cl)nc2s1. The number of halogens is 2. The van der Waals surface area contributed by atoms with E-state index in [1.807, 2.05) is 6.92 Å². The molecule has 0 bridgehead atoms. The fourth-order valence-corrected chi connectivity index (χ4v) is 3.13. The van der Waals surface area contributed by atoms with E-state index >= 15 is 0 Å². The van der Waals surface area contributed by atoms with Crippen LogP contribution < -0.4 is 0 Å². The van der Waals surface area contributed by atoms with Gasteiger partial charge in [-0.25, -0.2) is 9.67 Å². The fraction of sp³-hybridized carbons (Fsp3) is 0.250. The van der Waals surface area contributed by atoms with E-state index in [1.54, 1.807) is 22.2 Å². The van der Waals surface area contributed by atoms with Crippen molar-refractivity contribution in [1.82, 2.24) is 19.7 Å². The Bertz CT molecular complexity index is 743. The minimum absolute atomic E-state index is 0.219. The molecule has 0 N–H and O–H groups in total. The molecule has 0 spiro atoms. The Morgan fingerprint density at radius 3 is 2.74 bits per heavy atom. The van der Waals surface area contributed by atoms with Crippen LogP contribution in [0.2, 0.25) is 10.3 Å². The van der Waals surface area contributed by atoms with Gasteiger partial charge in [0, 0.05) is 4.88 Å². The van der Waals surface area contributed by atoms with Crippen LogP contribution in [0.15, 0.2) is 12.3 Å². The summed E-state index contributed by atoms with van der Waals surface area (Å²) in [6.07, 6.45) is 2.69. The van der Waals surface area contributed by atoms with Crippen LogP contribution in [-0.4, -0.2) is 19.7 Å². The smallest absolute Gasteiger partial charge is 0.220 e. The molecular weight excluding hydrogens is 303 g/mol. The average molecular weight is 313 g/mol. The Kier molecular flexibility index (Phi) is 3.20. The number of nitrogens with zero attached hydrogens (tertiary/aromatic N) is 4. The maximum atomic E-state index is 6.05. The van der Waals surface area contributed by atoms with Crippen LogP contribution in [0.4, 0.5) is 0 Å². The zero-order valence-electron chi connectivity index (χ0n) is 10.3. The van der Waals surface area contributed by atoms with Crippen LogP contribution in [0.5, 0.6) is 0 Å². The summed E-state index contributed by atoms with van der Waals surface area (Å²) in [5, 5.41) is 6.12. The summed E-state index contributed by atoms with van der Waals surface area (Å²) >= 11 is 13.7. The summed E-state index contributed by atoms with van der Waals surface area (Å²) in [6, 6.07) is 2.08. The van der Waals surface area contributed by atoms with E-state index < -0.39 is 0 Å². The first-order chi connectivity index (χ1) is 9.08. The third kappa shape index (κ3) is 2.22. The first kappa shape index (κ1) is 12.8. The lowest BCUT2D eigenvalue weighted by Crippen LogP contribution is -2.00. The molecule has 0 aliphatic rings. The lowest BCUT2D eigenvalue weighted by atomic mass is 10.3. The molecule has 3 heterocycles. The van der Waals surface area contributed by atoms with Crippen LogP contribution in [0, 0.1) is 6.92 Å². The van der Waals surface area contributed by atoms with Crippen LogP contribution >= 0.6 is 34.5 Å². The Hall–Kier alpha value is -1.17. The van der Waals surface area contributed by atoms with Crippen molar-refractivity contribution in [1.29, 1.82) is 0 Å². The summed E-state index contributed by atoms with van der Waals surface area (Å²) in [4.78, 5) is 10.6. The van der Waals surface area contributed by atoms with Crippen molar-refractivity contribution in [2.45, 2.75) is 20.3 Å². The summed E-state index contributed by atoms with van der Waals surface area (Å²) in [5.41, 5.74) is 0.760. The van der Waals surface area contributed by atoms with Gasteiger partial charge in [0.25, 0.3) is 0 Å². The van der Waals surface area contributed by atoms with E-state index in [0.717, 1.165) is 22.3 Å². The molecule has 7 heteroatoms. The van der Waals surface area contributed by atoms with Crippen molar-refractivity contribution in [3.05, 3.63) is 33.1 Å². The Morgan fingerprint density at radius 1 is 1.32 bits per heavy atom. The summed E-state index contributed by atoms with van der Waals surface area (Å²) in [7, 11) is 0. The fourth-order valence-electron chi connectivity index (χ4n) is 1.83. The second kappa shape index (κ2) is 4.74. The van der Waals surface area contributed by atoms with Crippen molar-refractivity contribution >= 4 is 44.8 Å². The van der Waals surface area contributed by atoms with Crippen LogP contribution in [-0.2, 0) is 6.42 Å². The molecule has 19 heavy (non-hydrogen) atoms. The van der Waals surface area contributed by atoms with Gasteiger partial charge in [0.2, 0.25) is 5.28 Å². The molecule has 4 nitrogen and oxygen atoms in total.